The normalized spacial score (nSPS) is 16.6. The topological polar surface area (TPSA) is 38.9 Å². The maximum Gasteiger partial charge on any atom is 0.149 e. The minimum Gasteiger partial charge on any atom is -0.398 e. The molecule has 0 atom stereocenters. The number of hydrogen-bond donors (Lipinski definition) is 1. The standard InChI is InChI=1S/C14H14ClFN2/c15-9-5-6-10(16)14-13(9)11(17)7-12(18-14)8-3-1-2-4-8/h5-8H,1-4H2,(H2,17,18). The highest BCUT2D eigenvalue weighted by Gasteiger charge is 2.20. The van der Waals surface area contributed by atoms with E-state index in [4.69, 9.17) is 17.3 Å². The van der Waals surface area contributed by atoms with E-state index >= 15 is 0 Å². The first-order chi connectivity index (χ1) is 8.66. The molecule has 1 aliphatic carbocycles. The second kappa shape index (κ2) is 4.39. The molecule has 0 unspecified atom stereocenters. The van der Waals surface area contributed by atoms with Gasteiger partial charge in [0.05, 0.1) is 5.02 Å². The zero-order chi connectivity index (χ0) is 12.7. The van der Waals surface area contributed by atoms with E-state index in [-0.39, 0.29) is 5.82 Å². The van der Waals surface area contributed by atoms with Gasteiger partial charge in [0.1, 0.15) is 11.3 Å². The maximum absolute atomic E-state index is 13.8. The lowest BCUT2D eigenvalue weighted by Gasteiger charge is -2.12. The largest absolute Gasteiger partial charge is 0.398 e. The molecule has 0 radical (unpaired) electrons. The Morgan fingerprint density at radius 3 is 2.72 bits per heavy atom. The second-order valence-corrected chi connectivity index (χ2v) is 5.28. The Morgan fingerprint density at radius 2 is 2.00 bits per heavy atom. The van der Waals surface area contributed by atoms with Gasteiger partial charge in [-0.15, -0.1) is 0 Å². The molecule has 4 heteroatoms. The van der Waals surface area contributed by atoms with Crippen molar-refractivity contribution in [3.05, 3.63) is 34.7 Å². The fourth-order valence-electron chi connectivity index (χ4n) is 2.75. The molecule has 0 bridgehead atoms. The van der Waals surface area contributed by atoms with Gasteiger partial charge in [-0.25, -0.2) is 9.37 Å². The highest BCUT2D eigenvalue weighted by Crippen LogP contribution is 2.37. The Bertz CT molecular complexity index is 606. The zero-order valence-electron chi connectivity index (χ0n) is 9.92. The van der Waals surface area contributed by atoms with E-state index in [0.29, 0.717) is 27.5 Å². The van der Waals surface area contributed by atoms with Gasteiger partial charge in [-0.2, -0.15) is 0 Å². The fourth-order valence-corrected chi connectivity index (χ4v) is 3.01. The van der Waals surface area contributed by atoms with Crippen LogP contribution in [0.3, 0.4) is 0 Å². The summed E-state index contributed by atoms with van der Waals surface area (Å²) in [4.78, 5) is 4.44. The number of aromatic nitrogens is 1. The molecular formula is C14H14ClFN2. The minimum atomic E-state index is -0.360. The monoisotopic (exact) mass is 264 g/mol. The van der Waals surface area contributed by atoms with Crippen molar-refractivity contribution in [2.45, 2.75) is 31.6 Å². The van der Waals surface area contributed by atoms with Crippen LogP contribution in [0, 0.1) is 5.82 Å². The highest BCUT2D eigenvalue weighted by molar-refractivity contribution is 6.36. The molecule has 1 saturated carbocycles. The summed E-state index contributed by atoms with van der Waals surface area (Å²) in [5.41, 5.74) is 7.72. The van der Waals surface area contributed by atoms with Crippen molar-refractivity contribution < 1.29 is 4.39 Å². The summed E-state index contributed by atoms with van der Waals surface area (Å²) in [7, 11) is 0. The molecule has 1 aromatic heterocycles. The predicted octanol–water partition coefficient (Wildman–Crippen LogP) is 4.27. The van der Waals surface area contributed by atoms with Crippen molar-refractivity contribution >= 4 is 28.2 Å². The third-order valence-electron chi connectivity index (χ3n) is 3.68. The lowest BCUT2D eigenvalue weighted by atomic mass is 10.0. The molecule has 18 heavy (non-hydrogen) atoms. The number of nitrogen functional groups attached to an aromatic ring is 1. The number of hydrogen-bond acceptors (Lipinski definition) is 2. The predicted molar refractivity (Wildman–Crippen MR) is 72.3 cm³/mol. The number of pyridine rings is 1. The number of fused-ring (bicyclic) bond motifs is 1. The van der Waals surface area contributed by atoms with Gasteiger partial charge in [0.15, 0.2) is 0 Å². The lowest BCUT2D eigenvalue weighted by molar-refractivity contribution is 0.633. The quantitative estimate of drug-likeness (QED) is 0.835. The number of benzene rings is 1. The van der Waals surface area contributed by atoms with Gasteiger partial charge in [-0.05, 0) is 31.0 Å². The summed E-state index contributed by atoms with van der Waals surface area (Å²) in [5.74, 6) is 0.0519. The van der Waals surface area contributed by atoms with Crippen LogP contribution in [0.15, 0.2) is 18.2 Å². The van der Waals surface area contributed by atoms with Crippen molar-refractivity contribution in [3.8, 4) is 0 Å². The van der Waals surface area contributed by atoms with Gasteiger partial charge >= 0.3 is 0 Å². The highest BCUT2D eigenvalue weighted by atomic mass is 35.5. The average Bonchev–Trinajstić information content (AvgIpc) is 2.87. The van der Waals surface area contributed by atoms with Crippen LogP contribution in [-0.2, 0) is 0 Å². The van der Waals surface area contributed by atoms with Crippen LogP contribution in [0.5, 0.6) is 0 Å². The third kappa shape index (κ3) is 1.83. The Morgan fingerprint density at radius 1 is 1.28 bits per heavy atom. The van der Waals surface area contributed by atoms with E-state index in [0.717, 1.165) is 18.5 Å². The van der Waals surface area contributed by atoms with E-state index in [1.54, 1.807) is 0 Å². The molecule has 0 spiro atoms. The summed E-state index contributed by atoms with van der Waals surface area (Å²) >= 11 is 6.06. The minimum absolute atomic E-state index is 0.296. The zero-order valence-corrected chi connectivity index (χ0v) is 10.7. The molecule has 2 aromatic rings. The number of anilines is 1. The van der Waals surface area contributed by atoms with Gasteiger partial charge in [-0.3, -0.25) is 0 Å². The van der Waals surface area contributed by atoms with Crippen LogP contribution in [0.2, 0.25) is 5.02 Å². The van der Waals surface area contributed by atoms with Crippen LogP contribution in [0.1, 0.15) is 37.3 Å². The Balaban J connectivity index is 2.23. The summed E-state index contributed by atoms with van der Waals surface area (Å²) in [6, 6.07) is 4.71. The molecule has 0 aliphatic heterocycles. The number of rotatable bonds is 1. The Kier molecular flexibility index (Phi) is 2.86. The van der Waals surface area contributed by atoms with Crippen LogP contribution in [0.25, 0.3) is 10.9 Å². The molecule has 1 heterocycles. The number of halogens is 2. The van der Waals surface area contributed by atoms with Crippen molar-refractivity contribution in [1.29, 1.82) is 0 Å². The molecule has 2 nitrogen and oxygen atoms in total. The van der Waals surface area contributed by atoms with Gasteiger partial charge < -0.3 is 5.73 Å². The first kappa shape index (κ1) is 11.7. The Labute approximate surface area is 110 Å². The molecular weight excluding hydrogens is 251 g/mol. The van der Waals surface area contributed by atoms with Gasteiger partial charge in [0, 0.05) is 22.7 Å². The van der Waals surface area contributed by atoms with Crippen LogP contribution in [0.4, 0.5) is 10.1 Å². The van der Waals surface area contributed by atoms with Gasteiger partial charge in [0.2, 0.25) is 0 Å². The maximum atomic E-state index is 13.8. The molecule has 94 valence electrons. The summed E-state index contributed by atoms with van der Waals surface area (Å²) < 4.78 is 13.8. The number of nitrogens with zero attached hydrogens (tertiary/aromatic N) is 1. The molecule has 0 saturated heterocycles. The summed E-state index contributed by atoms with van der Waals surface area (Å²) in [6.07, 6.45) is 4.64. The van der Waals surface area contributed by atoms with Crippen molar-refractivity contribution in [2.75, 3.05) is 5.73 Å². The molecule has 1 fully saturated rings. The fraction of sp³-hybridized carbons (Fsp3) is 0.357. The van der Waals surface area contributed by atoms with Crippen molar-refractivity contribution in [2.24, 2.45) is 0 Å². The van der Waals surface area contributed by atoms with Crippen LogP contribution < -0.4 is 5.73 Å². The first-order valence-corrected chi connectivity index (χ1v) is 6.59. The SMILES string of the molecule is Nc1cc(C2CCCC2)nc2c(F)ccc(Cl)c12. The van der Waals surface area contributed by atoms with Crippen LogP contribution >= 0.6 is 11.6 Å². The third-order valence-corrected chi connectivity index (χ3v) is 4.00. The molecule has 0 amide bonds. The molecule has 1 aromatic carbocycles. The summed E-state index contributed by atoms with van der Waals surface area (Å²) in [6.45, 7) is 0. The first-order valence-electron chi connectivity index (χ1n) is 6.21. The van der Waals surface area contributed by atoms with Crippen LogP contribution in [-0.4, -0.2) is 4.98 Å². The van der Waals surface area contributed by atoms with E-state index in [2.05, 4.69) is 4.98 Å². The molecule has 2 N–H and O–H groups in total. The van der Waals surface area contributed by atoms with E-state index < -0.39 is 0 Å². The summed E-state index contributed by atoms with van der Waals surface area (Å²) in [5, 5.41) is 0.979. The van der Waals surface area contributed by atoms with E-state index in [1.165, 1.54) is 25.0 Å². The van der Waals surface area contributed by atoms with Crippen molar-refractivity contribution in [1.82, 2.24) is 4.98 Å². The average molecular weight is 265 g/mol. The molecule has 1 aliphatic rings. The molecule has 3 rings (SSSR count). The van der Waals surface area contributed by atoms with E-state index in [9.17, 15) is 4.39 Å². The van der Waals surface area contributed by atoms with Crippen molar-refractivity contribution in [3.63, 3.8) is 0 Å². The Hall–Kier alpha value is -1.35. The van der Waals surface area contributed by atoms with Gasteiger partial charge in [-0.1, -0.05) is 24.4 Å². The second-order valence-electron chi connectivity index (χ2n) is 4.87. The van der Waals surface area contributed by atoms with E-state index in [1.807, 2.05) is 6.07 Å². The lowest BCUT2D eigenvalue weighted by Crippen LogP contribution is -2.01. The van der Waals surface area contributed by atoms with Gasteiger partial charge in [0.25, 0.3) is 0 Å². The smallest absolute Gasteiger partial charge is 0.149 e. The number of nitrogens with two attached hydrogens (primary N) is 1.